The first-order chi connectivity index (χ1) is 15.5. The van der Waals surface area contributed by atoms with Crippen molar-refractivity contribution in [1.29, 1.82) is 0 Å². The van der Waals surface area contributed by atoms with Gasteiger partial charge in [-0.2, -0.15) is 0 Å². The van der Waals surface area contributed by atoms with Crippen molar-refractivity contribution in [3.8, 4) is 5.75 Å². The molecule has 0 saturated carbocycles. The molecule has 2 aromatic carbocycles. The minimum Gasteiger partial charge on any atom is -0.495 e. The highest BCUT2D eigenvalue weighted by Gasteiger charge is 2.22. The maximum absolute atomic E-state index is 13.5. The molecular formula is C25H28FN3O2S. The zero-order valence-corrected chi connectivity index (χ0v) is 19.0. The third kappa shape index (κ3) is 5.95. The summed E-state index contributed by atoms with van der Waals surface area (Å²) in [6.07, 6.45) is 3.87. The van der Waals surface area contributed by atoms with Crippen molar-refractivity contribution in [1.82, 2.24) is 9.62 Å². The summed E-state index contributed by atoms with van der Waals surface area (Å²) in [6.45, 7) is 9.79. The summed E-state index contributed by atoms with van der Waals surface area (Å²) < 4.78 is 21.9. The molecule has 0 aliphatic carbocycles. The number of rotatable bonds is 8. The largest absolute Gasteiger partial charge is 0.495 e. The third-order valence-corrected chi connectivity index (χ3v) is 5.96. The highest BCUT2D eigenvalue weighted by molar-refractivity contribution is 7.97. The lowest BCUT2D eigenvalue weighted by atomic mass is 10.2. The highest BCUT2D eigenvalue weighted by atomic mass is 32.2. The van der Waals surface area contributed by atoms with Gasteiger partial charge < -0.3 is 19.3 Å². The topological polar surface area (TPSA) is 44.8 Å². The molecule has 2 aromatic rings. The van der Waals surface area contributed by atoms with E-state index in [9.17, 15) is 9.18 Å². The quantitative estimate of drug-likeness (QED) is 0.440. The molecule has 0 aromatic heterocycles. The van der Waals surface area contributed by atoms with E-state index in [0.717, 1.165) is 35.8 Å². The fourth-order valence-electron chi connectivity index (χ4n) is 3.54. The van der Waals surface area contributed by atoms with Gasteiger partial charge in [-0.3, -0.25) is 4.79 Å². The van der Waals surface area contributed by atoms with Gasteiger partial charge in [0.1, 0.15) is 11.6 Å². The molecule has 168 valence electrons. The Balaban J connectivity index is 1.66. The SMILES string of the molecule is C=C/C=C(/NSc1cccc(C(=O)N2CCCN(c3ccccc3OC)CC2)c1)C(=C)F. The van der Waals surface area contributed by atoms with E-state index in [2.05, 4.69) is 22.8 Å². The molecule has 1 aliphatic rings. The molecule has 0 radical (unpaired) electrons. The first-order valence-corrected chi connectivity index (χ1v) is 11.2. The number of hydrogen-bond acceptors (Lipinski definition) is 5. The number of halogens is 1. The molecule has 32 heavy (non-hydrogen) atoms. The van der Waals surface area contributed by atoms with Crippen LogP contribution in [0.15, 0.2) is 90.3 Å². The summed E-state index contributed by atoms with van der Waals surface area (Å²) in [5.41, 5.74) is 1.90. The van der Waals surface area contributed by atoms with Crippen molar-refractivity contribution in [2.45, 2.75) is 11.3 Å². The number of para-hydroxylation sites is 2. The Morgan fingerprint density at radius 3 is 2.72 bits per heavy atom. The van der Waals surface area contributed by atoms with Crippen LogP contribution >= 0.6 is 11.9 Å². The first kappa shape index (κ1) is 23.5. The van der Waals surface area contributed by atoms with E-state index < -0.39 is 5.83 Å². The van der Waals surface area contributed by atoms with Crippen LogP contribution < -0.4 is 14.4 Å². The predicted molar refractivity (Wildman–Crippen MR) is 130 cm³/mol. The fourth-order valence-corrected chi connectivity index (χ4v) is 4.28. The van der Waals surface area contributed by atoms with E-state index in [1.54, 1.807) is 7.11 Å². The van der Waals surface area contributed by atoms with E-state index in [-0.39, 0.29) is 11.6 Å². The Kier molecular flexibility index (Phi) is 8.39. The number of methoxy groups -OCH3 is 1. The van der Waals surface area contributed by atoms with Gasteiger partial charge in [0.15, 0.2) is 0 Å². The summed E-state index contributed by atoms with van der Waals surface area (Å²) in [5.74, 6) is 0.255. The number of allylic oxidation sites excluding steroid dienone is 3. The summed E-state index contributed by atoms with van der Waals surface area (Å²) >= 11 is 1.22. The van der Waals surface area contributed by atoms with Crippen LogP contribution in [0.2, 0.25) is 0 Å². The summed E-state index contributed by atoms with van der Waals surface area (Å²) in [6, 6.07) is 15.3. The lowest BCUT2D eigenvalue weighted by Gasteiger charge is -2.25. The number of hydrogen-bond donors (Lipinski definition) is 1. The van der Waals surface area contributed by atoms with Gasteiger partial charge in [-0.25, -0.2) is 4.39 Å². The van der Waals surface area contributed by atoms with E-state index in [4.69, 9.17) is 4.74 Å². The van der Waals surface area contributed by atoms with Gasteiger partial charge in [0.25, 0.3) is 5.91 Å². The number of carbonyl (C=O) groups is 1. The second kappa shape index (κ2) is 11.4. The van der Waals surface area contributed by atoms with E-state index >= 15 is 0 Å². The van der Waals surface area contributed by atoms with Crippen LogP contribution in [0.25, 0.3) is 0 Å². The molecule has 1 heterocycles. The molecule has 1 saturated heterocycles. The van der Waals surface area contributed by atoms with Gasteiger partial charge in [0.05, 0.1) is 18.5 Å². The van der Waals surface area contributed by atoms with Crippen LogP contribution in [0.1, 0.15) is 16.8 Å². The zero-order chi connectivity index (χ0) is 22.9. The number of nitrogens with one attached hydrogen (secondary N) is 1. The van der Waals surface area contributed by atoms with Crippen LogP contribution in [-0.2, 0) is 0 Å². The van der Waals surface area contributed by atoms with Crippen molar-refractivity contribution in [3.63, 3.8) is 0 Å². The molecule has 7 heteroatoms. The maximum Gasteiger partial charge on any atom is 0.253 e. The van der Waals surface area contributed by atoms with E-state index in [0.29, 0.717) is 18.7 Å². The first-order valence-electron chi connectivity index (χ1n) is 10.4. The van der Waals surface area contributed by atoms with Gasteiger partial charge in [-0.1, -0.05) is 37.4 Å². The van der Waals surface area contributed by atoms with Crippen LogP contribution in [0.5, 0.6) is 5.75 Å². The minimum atomic E-state index is -0.575. The standard InChI is InChI=1S/C25H28FN3O2S/c1-4-9-22(19(2)26)27-32-21-11-7-10-20(18-21)25(30)29-15-8-14-28(16-17-29)23-12-5-6-13-24(23)31-3/h4-7,9-13,18,27H,1-2,8,14-17H2,3H3/b22-9+. The minimum absolute atomic E-state index is 0.00825. The average Bonchev–Trinajstić information content (AvgIpc) is 3.07. The van der Waals surface area contributed by atoms with Crippen molar-refractivity contribution < 1.29 is 13.9 Å². The van der Waals surface area contributed by atoms with Crippen molar-refractivity contribution >= 4 is 23.5 Å². The molecule has 5 nitrogen and oxygen atoms in total. The number of anilines is 1. The third-order valence-electron chi connectivity index (χ3n) is 5.15. The maximum atomic E-state index is 13.5. The second-order valence-corrected chi connectivity index (χ2v) is 8.14. The lowest BCUT2D eigenvalue weighted by molar-refractivity contribution is 0.0767. The van der Waals surface area contributed by atoms with Gasteiger partial charge in [-0.15, -0.1) is 0 Å². The van der Waals surface area contributed by atoms with Crippen molar-refractivity contribution in [2.24, 2.45) is 0 Å². The average molecular weight is 454 g/mol. The number of nitrogens with zero attached hydrogens (tertiary/aromatic N) is 2. The van der Waals surface area contributed by atoms with Crippen LogP contribution in [0, 0.1) is 0 Å². The highest BCUT2D eigenvalue weighted by Crippen LogP contribution is 2.28. The number of amides is 1. The molecule has 0 unspecified atom stereocenters. The van der Waals surface area contributed by atoms with Crippen molar-refractivity contribution in [2.75, 3.05) is 38.2 Å². The van der Waals surface area contributed by atoms with E-state index in [1.165, 1.54) is 24.1 Å². The number of benzene rings is 2. The Labute approximate surface area is 193 Å². The molecule has 0 bridgehead atoms. The van der Waals surface area contributed by atoms with Gasteiger partial charge in [0.2, 0.25) is 0 Å². The Morgan fingerprint density at radius 1 is 1.16 bits per heavy atom. The molecule has 1 fully saturated rings. The molecular weight excluding hydrogens is 425 g/mol. The lowest BCUT2D eigenvalue weighted by Crippen LogP contribution is -2.35. The molecule has 0 spiro atoms. The number of carbonyl (C=O) groups excluding carboxylic acids is 1. The van der Waals surface area contributed by atoms with Crippen LogP contribution in [0.4, 0.5) is 10.1 Å². The summed E-state index contributed by atoms with van der Waals surface area (Å²) in [7, 11) is 1.67. The Hall–Kier alpha value is -3.19. The van der Waals surface area contributed by atoms with Crippen molar-refractivity contribution in [3.05, 3.63) is 90.9 Å². The van der Waals surface area contributed by atoms with Gasteiger partial charge >= 0.3 is 0 Å². The molecule has 3 rings (SSSR count). The van der Waals surface area contributed by atoms with Gasteiger partial charge in [0, 0.05) is 36.6 Å². The summed E-state index contributed by atoms with van der Waals surface area (Å²) in [4.78, 5) is 18.1. The normalized spacial score (nSPS) is 14.5. The summed E-state index contributed by atoms with van der Waals surface area (Å²) in [5, 5.41) is 0. The molecule has 1 N–H and O–H groups in total. The van der Waals surface area contributed by atoms with Gasteiger partial charge in [-0.05, 0) is 54.8 Å². The number of ether oxygens (including phenoxy) is 1. The Bertz CT molecular complexity index is 1010. The molecule has 1 amide bonds. The van der Waals surface area contributed by atoms with Crippen LogP contribution in [0.3, 0.4) is 0 Å². The van der Waals surface area contributed by atoms with E-state index in [1.807, 2.05) is 53.4 Å². The predicted octanol–water partition coefficient (Wildman–Crippen LogP) is 5.20. The second-order valence-electron chi connectivity index (χ2n) is 7.26. The fraction of sp³-hybridized carbons (Fsp3) is 0.240. The monoisotopic (exact) mass is 453 g/mol. The zero-order valence-electron chi connectivity index (χ0n) is 18.2. The molecule has 0 atom stereocenters. The molecule has 1 aliphatic heterocycles. The van der Waals surface area contributed by atoms with Crippen LogP contribution in [-0.4, -0.2) is 44.1 Å². The Morgan fingerprint density at radius 2 is 1.97 bits per heavy atom. The smallest absolute Gasteiger partial charge is 0.253 e.